The minimum absolute atomic E-state index is 0.00585. The number of pyridine rings is 1. The number of nitrogens with zero attached hydrogens (tertiary/aromatic N) is 2. The number of anilines is 2. The van der Waals surface area contributed by atoms with E-state index in [1.165, 1.54) is 6.20 Å². The Morgan fingerprint density at radius 1 is 1.60 bits per heavy atom. The van der Waals surface area contributed by atoms with Gasteiger partial charge >= 0.3 is 0 Å². The Labute approximate surface area is 87.5 Å². The predicted octanol–water partition coefficient (Wildman–Crippen LogP) is 0.00900. The zero-order valence-corrected chi connectivity index (χ0v) is 8.26. The van der Waals surface area contributed by atoms with Crippen molar-refractivity contribution in [2.24, 2.45) is 5.92 Å². The fraction of sp³-hybridized carbons (Fsp3) is 0.400. The summed E-state index contributed by atoms with van der Waals surface area (Å²) in [5.74, 6) is 0.633. The zero-order chi connectivity index (χ0) is 10.8. The molecule has 1 unspecified atom stereocenters. The molecule has 1 fully saturated rings. The number of aromatic nitrogens is 1. The van der Waals surface area contributed by atoms with Crippen LogP contribution < -0.4 is 10.6 Å². The largest absolute Gasteiger partial charge is 0.397 e. The van der Waals surface area contributed by atoms with Crippen molar-refractivity contribution < 1.29 is 9.90 Å². The van der Waals surface area contributed by atoms with Crippen LogP contribution >= 0.6 is 0 Å². The second-order valence-electron chi connectivity index (χ2n) is 3.71. The standard InChI is InChI=1S/C10H13N3O2/c11-8-1-2-9(12-4-8)13-5-7(6-14)3-10(13)15/h1-2,4,7,14H,3,5-6,11H2. The van der Waals surface area contributed by atoms with Crippen LogP contribution in [0.1, 0.15) is 6.42 Å². The van der Waals surface area contributed by atoms with Gasteiger partial charge in [-0.05, 0) is 12.1 Å². The molecule has 15 heavy (non-hydrogen) atoms. The lowest BCUT2D eigenvalue weighted by Crippen LogP contribution is -2.25. The molecule has 5 nitrogen and oxygen atoms in total. The quantitative estimate of drug-likeness (QED) is 0.716. The second-order valence-corrected chi connectivity index (χ2v) is 3.71. The van der Waals surface area contributed by atoms with Gasteiger partial charge in [-0.25, -0.2) is 4.98 Å². The summed E-state index contributed by atoms with van der Waals surface area (Å²) in [6.07, 6.45) is 1.91. The highest BCUT2D eigenvalue weighted by molar-refractivity contribution is 5.94. The minimum Gasteiger partial charge on any atom is -0.397 e. The van der Waals surface area contributed by atoms with E-state index in [0.717, 1.165) is 0 Å². The van der Waals surface area contributed by atoms with E-state index < -0.39 is 0 Å². The average molecular weight is 207 g/mol. The van der Waals surface area contributed by atoms with Crippen molar-refractivity contribution in [2.45, 2.75) is 6.42 Å². The van der Waals surface area contributed by atoms with E-state index in [9.17, 15) is 4.79 Å². The first-order valence-corrected chi connectivity index (χ1v) is 4.83. The maximum absolute atomic E-state index is 11.6. The third kappa shape index (κ3) is 1.92. The van der Waals surface area contributed by atoms with Gasteiger partial charge in [0.15, 0.2) is 0 Å². The van der Waals surface area contributed by atoms with Gasteiger partial charge in [-0.3, -0.25) is 9.69 Å². The number of amides is 1. The molecule has 0 aliphatic carbocycles. The molecule has 3 N–H and O–H groups in total. The van der Waals surface area contributed by atoms with Crippen LogP contribution in [-0.2, 0) is 4.79 Å². The predicted molar refractivity (Wildman–Crippen MR) is 56.2 cm³/mol. The van der Waals surface area contributed by atoms with E-state index in [0.29, 0.717) is 24.5 Å². The van der Waals surface area contributed by atoms with Crippen molar-refractivity contribution in [3.8, 4) is 0 Å². The molecule has 0 aromatic carbocycles. The van der Waals surface area contributed by atoms with Gasteiger partial charge in [0, 0.05) is 25.5 Å². The number of nitrogens with two attached hydrogens (primary N) is 1. The highest BCUT2D eigenvalue weighted by Crippen LogP contribution is 2.23. The summed E-state index contributed by atoms with van der Waals surface area (Å²) in [6, 6.07) is 3.43. The normalized spacial score (nSPS) is 21.0. The van der Waals surface area contributed by atoms with Crippen LogP contribution in [0.2, 0.25) is 0 Å². The van der Waals surface area contributed by atoms with Crippen LogP contribution in [0.3, 0.4) is 0 Å². The van der Waals surface area contributed by atoms with Gasteiger partial charge in [0.2, 0.25) is 5.91 Å². The van der Waals surface area contributed by atoms with E-state index in [4.69, 9.17) is 10.8 Å². The molecular formula is C10H13N3O2. The Kier molecular flexibility index (Phi) is 2.55. The summed E-state index contributed by atoms with van der Waals surface area (Å²) in [5.41, 5.74) is 6.08. The first-order chi connectivity index (χ1) is 7.20. The van der Waals surface area contributed by atoms with Crippen LogP contribution in [0.15, 0.2) is 18.3 Å². The van der Waals surface area contributed by atoms with E-state index in [1.54, 1.807) is 17.0 Å². The van der Waals surface area contributed by atoms with E-state index >= 15 is 0 Å². The molecule has 80 valence electrons. The Morgan fingerprint density at radius 3 is 2.93 bits per heavy atom. The Balaban J connectivity index is 2.18. The monoisotopic (exact) mass is 207 g/mol. The Hall–Kier alpha value is -1.62. The van der Waals surface area contributed by atoms with Crippen LogP contribution in [0.5, 0.6) is 0 Å². The van der Waals surface area contributed by atoms with Gasteiger partial charge < -0.3 is 10.8 Å². The Morgan fingerprint density at radius 2 is 2.40 bits per heavy atom. The molecule has 1 atom stereocenters. The summed E-state index contributed by atoms with van der Waals surface area (Å²) in [6.45, 7) is 0.573. The number of carbonyl (C=O) groups excluding carboxylic acids is 1. The molecule has 0 bridgehead atoms. The van der Waals surface area contributed by atoms with Gasteiger partial charge in [0.1, 0.15) is 5.82 Å². The SMILES string of the molecule is Nc1ccc(N2CC(CO)CC2=O)nc1. The smallest absolute Gasteiger partial charge is 0.228 e. The van der Waals surface area contributed by atoms with Crippen molar-refractivity contribution in [2.75, 3.05) is 23.8 Å². The zero-order valence-electron chi connectivity index (χ0n) is 8.26. The lowest BCUT2D eigenvalue weighted by Gasteiger charge is -2.14. The summed E-state index contributed by atoms with van der Waals surface area (Å²) in [4.78, 5) is 17.2. The van der Waals surface area contributed by atoms with Crippen molar-refractivity contribution in [3.63, 3.8) is 0 Å². The first-order valence-electron chi connectivity index (χ1n) is 4.83. The van der Waals surface area contributed by atoms with Crippen LogP contribution in [0.4, 0.5) is 11.5 Å². The lowest BCUT2D eigenvalue weighted by molar-refractivity contribution is -0.117. The molecule has 1 saturated heterocycles. The molecule has 1 aromatic heterocycles. The number of aliphatic hydroxyl groups excluding tert-OH is 1. The number of aliphatic hydroxyl groups is 1. The molecule has 2 heterocycles. The molecule has 0 saturated carbocycles. The third-order valence-electron chi connectivity index (χ3n) is 2.51. The number of nitrogen functional groups attached to an aromatic ring is 1. The fourth-order valence-corrected chi connectivity index (χ4v) is 1.68. The van der Waals surface area contributed by atoms with Gasteiger partial charge in [-0.1, -0.05) is 0 Å². The van der Waals surface area contributed by atoms with Crippen molar-refractivity contribution in [1.82, 2.24) is 4.98 Å². The summed E-state index contributed by atoms with van der Waals surface area (Å²) < 4.78 is 0. The molecule has 1 amide bonds. The van der Waals surface area contributed by atoms with Gasteiger partial charge in [0.05, 0.1) is 11.9 Å². The van der Waals surface area contributed by atoms with Crippen molar-refractivity contribution in [3.05, 3.63) is 18.3 Å². The highest BCUT2D eigenvalue weighted by atomic mass is 16.3. The van der Waals surface area contributed by atoms with Crippen molar-refractivity contribution in [1.29, 1.82) is 0 Å². The molecule has 1 aromatic rings. The van der Waals surface area contributed by atoms with Crippen LogP contribution in [0, 0.1) is 5.92 Å². The van der Waals surface area contributed by atoms with E-state index in [1.807, 2.05) is 0 Å². The first kappa shape index (κ1) is 9.92. The number of hydrogen-bond donors (Lipinski definition) is 2. The topological polar surface area (TPSA) is 79.5 Å². The number of rotatable bonds is 2. The maximum Gasteiger partial charge on any atom is 0.228 e. The van der Waals surface area contributed by atoms with Gasteiger partial charge in [-0.2, -0.15) is 0 Å². The lowest BCUT2D eigenvalue weighted by atomic mass is 10.1. The molecule has 1 aliphatic heterocycles. The number of carbonyl (C=O) groups is 1. The van der Waals surface area contributed by atoms with Gasteiger partial charge in [0.25, 0.3) is 0 Å². The maximum atomic E-state index is 11.6. The molecule has 1 aliphatic rings. The van der Waals surface area contributed by atoms with E-state index in [-0.39, 0.29) is 18.4 Å². The molecular weight excluding hydrogens is 194 g/mol. The summed E-state index contributed by atoms with van der Waals surface area (Å²) in [7, 11) is 0. The molecule has 2 rings (SSSR count). The summed E-state index contributed by atoms with van der Waals surface area (Å²) >= 11 is 0. The Bertz CT molecular complexity index is 363. The average Bonchev–Trinajstić information content (AvgIpc) is 2.61. The molecule has 0 radical (unpaired) electrons. The highest BCUT2D eigenvalue weighted by Gasteiger charge is 2.30. The van der Waals surface area contributed by atoms with E-state index in [2.05, 4.69) is 4.98 Å². The van der Waals surface area contributed by atoms with Gasteiger partial charge in [-0.15, -0.1) is 0 Å². The van der Waals surface area contributed by atoms with Crippen LogP contribution in [0.25, 0.3) is 0 Å². The third-order valence-corrected chi connectivity index (χ3v) is 2.51. The fourth-order valence-electron chi connectivity index (χ4n) is 1.68. The van der Waals surface area contributed by atoms with Crippen LogP contribution in [-0.4, -0.2) is 29.1 Å². The van der Waals surface area contributed by atoms with Crippen molar-refractivity contribution >= 4 is 17.4 Å². The number of hydrogen-bond acceptors (Lipinski definition) is 4. The second kappa shape index (κ2) is 3.86. The molecule has 5 heteroatoms. The minimum atomic E-state index is 0.00585. The molecule has 0 spiro atoms. The summed E-state index contributed by atoms with van der Waals surface area (Å²) in [5, 5.41) is 8.97.